The number of hydrogen-bond acceptors (Lipinski definition) is 3. The van der Waals surface area contributed by atoms with Crippen molar-refractivity contribution in [3.8, 4) is 0 Å². The van der Waals surface area contributed by atoms with Gasteiger partial charge in [-0.2, -0.15) is 0 Å². The van der Waals surface area contributed by atoms with Crippen LogP contribution < -0.4 is 10.0 Å². The summed E-state index contributed by atoms with van der Waals surface area (Å²) in [4.78, 5) is 7.02. The van der Waals surface area contributed by atoms with Crippen LogP contribution in [-0.2, 0) is 10.0 Å². The van der Waals surface area contributed by atoms with E-state index in [1.165, 1.54) is 25.5 Å². The van der Waals surface area contributed by atoms with Crippen LogP contribution in [0.15, 0.2) is 4.99 Å². The molecule has 0 amide bonds. The Labute approximate surface area is 171 Å². The molecular weight excluding hydrogens is 451 g/mol. The summed E-state index contributed by atoms with van der Waals surface area (Å²) in [7, 11) is -3.24. The second kappa shape index (κ2) is 10.9. The fraction of sp³-hybridized carbons (Fsp3) is 0.941. The molecule has 2 N–H and O–H groups in total. The Hall–Kier alpha value is -0.0900. The molecule has 1 unspecified atom stereocenters. The Balaban J connectivity index is 0.00000576. The monoisotopic (exact) mass is 488 g/mol. The summed E-state index contributed by atoms with van der Waals surface area (Å²) in [5.41, 5.74) is -0.594. The maximum atomic E-state index is 11.5. The van der Waals surface area contributed by atoms with Crippen LogP contribution in [0, 0.1) is 11.8 Å². The van der Waals surface area contributed by atoms with Crippen LogP contribution in [0.3, 0.4) is 0 Å². The molecule has 0 bridgehead atoms. The largest absolute Gasteiger partial charge is 0.357 e. The highest BCUT2D eigenvalue weighted by Crippen LogP contribution is 2.28. The quantitative estimate of drug-likeness (QED) is 0.313. The Kier molecular flexibility index (Phi) is 10.9. The lowest BCUT2D eigenvalue weighted by atomic mass is 9.87. The van der Waals surface area contributed by atoms with Crippen molar-refractivity contribution in [2.45, 2.75) is 59.4 Å². The van der Waals surface area contributed by atoms with Gasteiger partial charge in [0, 0.05) is 25.2 Å². The first-order valence-corrected chi connectivity index (χ1v) is 11.0. The van der Waals surface area contributed by atoms with Crippen molar-refractivity contribution in [1.82, 2.24) is 14.9 Å². The standard InChI is InChI=1S/C17H36N4O2S.HI/c1-7-14(8-2)15-10-11-21(12-15)16(18-9-3)19-13-17(4,5)20-24(6,22)23;/h14-15,20H,7-13H2,1-6H3,(H,18,19);1H. The lowest BCUT2D eigenvalue weighted by Crippen LogP contribution is -2.47. The fourth-order valence-electron chi connectivity index (χ4n) is 3.55. The zero-order valence-electron chi connectivity index (χ0n) is 16.6. The number of nitrogens with zero attached hydrogens (tertiary/aromatic N) is 2. The number of nitrogens with one attached hydrogen (secondary N) is 2. The Morgan fingerprint density at radius 3 is 2.36 bits per heavy atom. The third-order valence-electron chi connectivity index (χ3n) is 4.66. The highest BCUT2D eigenvalue weighted by Gasteiger charge is 2.30. The minimum absolute atomic E-state index is 0. The minimum atomic E-state index is -3.24. The van der Waals surface area contributed by atoms with Crippen molar-refractivity contribution in [3.05, 3.63) is 0 Å². The number of rotatable bonds is 8. The van der Waals surface area contributed by atoms with Gasteiger partial charge in [-0.25, -0.2) is 13.1 Å². The maximum Gasteiger partial charge on any atom is 0.209 e. The zero-order valence-corrected chi connectivity index (χ0v) is 19.8. The average molecular weight is 488 g/mol. The van der Waals surface area contributed by atoms with Crippen molar-refractivity contribution in [2.75, 3.05) is 32.4 Å². The van der Waals surface area contributed by atoms with E-state index in [1.54, 1.807) is 0 Å². The van der Waals surface area contributed by atoms with Crippen LogP contribution >= 0.6 is 24.0 Å². The van der Waals surface area contributed by atoms with E-state index in [-0.39, 0.29) is 24.0 Å². The molecule has 1 aliphatic heterocycles. The van der Waals surface area contributed by atoms with E-state index in [1.807, 2.05) is 13.8 Å². The predicted molar refractivity (Wildman–Crippen MR) is 117 cm³/mol. The summed E-state index contributed by atoms with van der Waals surface area (Å²) >= 11 is 0. The van der Waals surface area contributed by atoms with Crippen molar-refractivity contribution in [3.63, 3.8) is 0 Å². The van der Waals surface area contributed by atoms with E-state index >= 15 is 0 Å². The molecule has 0 aromatic carbocycles. The smallest absolute Gasteiger partial charge is 0.209 e. The number of halogens is 1. The number of guanidine groups is 1. The van der Waals surface area contributed by atoms with Crippen molar-refractivity contribution < 1.29 is 8.42 Å². The number of likely N-dealkylation sites (tertiary alicyclic amines) is 1. The highest BCUT2D eigenvalue weighted by atomic mass is 127. The summed E-state index contributed by atoms with van der Waals surface area (Å²) in [5, 5.41) is 3.35. The highest BCUT2D eigenvalue weighted by molar-refractivity contribution is 14.0. The molecular formula is C17H37IN4O2S. The van der Waals surface area contributed by atoms with Gasteiger partial charge in [0.25, 0.3) is 0 Å². The number of hydrogen-bond donors (Lipinski definition) is 2. The van der Waals surface area contributed by atoms with Gasteiger partial charge in [0.05, 0.1) is 12.8 Å². The molecule has 6 nitrogen and oxygen atoms in total. The molecule has 0 aromatic heterocycles. The van der Waals surface area contributed by atoms with Gasteiger partial charge in [-0.15, -0.1) is 24.0 Å². The van der Waals surface area contributed by atoms with Gasteiger partial charge >= 0.3 is 0 Å². The summed E-state index contributed by atoms with van der Waals surface area (Å²) in [5.74, 6) is 2.40. The molecule has 25 heavy (non-hydrogen) atoms. The van der Waals surface area contributed by atoms with Gasteiger partial charge in [-0.1, -0.05) is 26.7 Å². The van der Waals surface area contributed by atoms with E-state index in [0.717, 1.165) is 37.4 Å². The van der Waals surface area contributed by atoms with Crippen LogP contribution in [0.25, 0.3) is 0 Å². The van der Waals surface area contributed by atoms with Crippen molar-refractivity contribution >= 4 is 40.0 Å². The first kappa shape index (κ1) is 24.9. The van der Waals surface area contributed by atoms with Gasteiger partial charge in [-0.05, 0) is 39.0 Å². The normalized spacial score (nSPS) is 19.2. The van der Waals surface area contributed by atoms with Gasteiger partial charge < -0.3 is 10.2 Å². The summed E-state index contributed by atoms with van der Waals surface area (Å²) in [6.07, 6.45) is 4.86. The maximum absolute atomic E-state index is 11.5. The summed E-state index contributed by atoms with van der Waals surface area (Å²) < 4.78 is 25.6. The predicted octanol–water partition coefficient (Wildman–Crippen LogP) is 2.66. The fourth-order valence-corrected chi connectivity index (χ4v) is 4.62. The minimum Gasteiger partial charge on any atom is -0.357 e. The first-order chi connectivity index (χ1) is 11.1. The first-order valence-electron chi connectivity index (χ1n) is 9.14. The lowest BCUT2D eigenvalue weighted by molar-refractivity contribution is 0.318. The molecule has 1 atom stereocenters. The van der Waals surface area contributed by atoms with E-state index in [4.69, 9.17) is 4.99 Å². The van der Waals surface area contributed by atoms with E-state index < -0.39 is 15.6 Å². The molecule has 0 spiro atoms. The number of sulfonamides is 1. The molecule has 1 aliphatic rings. The van der Waals surface area contributed by atoms with Gasteiger partial charge in [0.15, 0.2) is 5.96 Å². The summed E-state index contributed by atoms with van der Waals surface area (Å²) in [6.45, 7) is 13.6. The molecule has 0 aromatic rings. The lowest BCUT2D eigenvalue weighted by Gasteiger charge is -2.27. The molecule has 0 saturated carbocycles. The molecule has 0 aliphatic carbocycles. The second-order valence-corrected chi connectivity index (χ2v) is 9.25. The summed E-state index contributed by atoms with van der Waals surface area (Å²) in [6, 6.07) is 0. The number of aliphatic imine (C=N–C) groups is 1. The Bertz CT molecular complexity index is 519. The molecule has 0 radical (unpaired) electrons. The van der Waals surface area contributed by atoms with E-state index in [9.17, 15) is 8.42 Å². The Morgan fingerprint density at radius 2 is 1.88 bits per heavy atom. The molecule has 1 fully saturated rings. The van der Waals surface area contributed by atoms with Gasteiger partial charge in [0.1, 0.15) is 0 Å². The molecule has 1 heterocycles. The Morgan fingerprint density at radius 1 is 1.28 bits per heavy atom. The average Bonchev–Trinajstić information content (AvgIpc) is 2.92. The molecule has 1 rings (SSSR count). The zero-order chi connectivity index (χ0) is 18.4. The van der Waals surface area contributed by atoms with Crippen LogP contribution in [0.5, 0.6) is 0 Å². The van der Waals surface area contributed by atoms with Crippen LogP contribution in [0.1, 0.15) is 53.9 Å². The van der Waals surface area contributed by atoms with Gasteiger partial charge in [0.2, 0.25) is 10.0 Å². The van der Waals surface area contributed by atoms with Crippen LogP contribution in [0.4, 0.5) is 0 Å². The third-order valence-corrected chi connectivity index (χ3v) is 5.58. The van der Waals surface area contributed by atoms with Crippen molar-refractivity contribution in [1.29, 1.82) is 0 Å². The van der Waals surface area contributed by atoms with E-state index in [2.05, 4.69) is 35.7 Å². The third kappa shape index (κ3) is 8.90. The van der Waals surface area contributed by atoms with Crippen LogP contribution in [0.2, 0.25) is 0 Å². The molecule has 1 saturated heterocycles. The van der Waals surface area contributed by atoms with Crippen LogP contribution in [-0.4, -0.2) is 57.3 Å². The van der Waals surface area contributed by atoms with E-state index in [0.29, 0.717) is 6.54 Å². The molecule has 150 valence electrons. The topological polar surface area (TPSA) is 73.8 Å². The SMILES string of the molecule is CCNC(=NCC(C)(C)NS(C)(=O)=O)N1CCC(C(CC)CC)C1.I. The van der Waals surface area contributed by atoms with Gasteiger partial charge in [-0.3, -0.25) is 4.99 Å². The van der Waals surface area contributed by atoms with Crippen molar-refractivity contribution in [2.24, 2.45) is 16.8 Å². The molecule has 8 heteroatoms. The second-order valence-electron chi connectivity index (χ2n) is 7.50.